The van der Waals surface area contributed by atoms with Crippen molar-refractivity contribution in [1.82, 2.24) is 0 Å². The van der Waals surface area contributed by atoms with Gasteiger partial charge in [-0.1, -0.05) is 45.9 Å². The van der Waals surface area contributed by atoms with E-state index in [1.54, 1.807) is 0 Å². The van der Waals surface area contributed by atoms with E-state index in [4.69, 9.17) is 0 Å². The van der Waals surface area contributed by atoms with E-state index in [-0.39, 0.29) is 40.4 Å². The molecule has 0 amide bonds. The molecule has 0 bridgehead atoms. The number of carboxylic acid groups (broad SMARTS) is 2. The second-order valence-electron chi connectivity index (χ2n) is 8.76. The molecular weight excluding hydrogens is 304 g/mol. The number of carbonyl (C=O) groups is 2. The van der Waals surface area contributed by atoms with E-state index in [2.05, 4.69) is 13.2 Å². The molecule has 0 aromatic rings. The van der Waals surface area contributed by atoms with E-state index < -0.39 is 11.9 Å². The molecule has 4 nitrogen and oxygen atoms in total. The minimum atomic E-state index is -0.747. The topological polar surface area (TPSA) is 74.6 Å². The Balaban J connectivity index is 1.98. The molecule has 134 valence electrons. The molecule has 0 heterocycles. The molecule has 0 spiro atoms. The van der Waals surface area contributed by atoms with Crippen LogP contribution in [0.25, 0.3) is 0 Å². The first-order chi connectivity index (χ1) is 11.0. The van der Waals surface area contributed by atoms with Gasteiger partial charge in [-0.05, 0) is 47.8 Å². The number of carboxylic acids is 2. The first kappa shape index (κ1) is 18.8. The van der Waals surface area contributed by atoms with E-state index in [0.29, 0.717) is 0 Å². The predicted molar refractivity (Wildman–Crippen MR) is 93.5 cm³/mol. The Labute approximate surface area is 144 Å². The number of hydrogen-bond acceptors (Lipinski definition) is 2. The molecule has 0 saturated heterocycles. The van der Waals surface area contributed by atoms with Gasteiger partial charge in [-0.3, -0.25) is 9.59 Å². The zero-order valence-electron chi connectivity index (χ0n) is 15.2. The van der Waals surface area contributed by atoms with Crippen LogP contribution in [0.3, 0.4) is 0 Å². The first-order valence-corrected chi connectivity index (χ1v) is 8.72. The van der Waals surface area contributed by atoms with E-state index in [1.807, 2.05) is 33.8 Å². The van der Waals surface area contributed by atoms with Gasteiger partial charge in [0.25, 0.3) is 0 Å². The van der Waals surface area contributed by atoms with Crippen LogP contribution in [0.5, 0.6) is 0 Å². The Bertz CT molecular complexity index is 572. The fourth-order valence-electron chi connectivity index (χ4n) is 5.07. The Morgan fingerprint density at radius 2 is 1.58 bits per heavy atom. The summed E-state index contributed by atoms with van der Waals surface area (Å²) in [4.78, 5) is 22.8. The zero-order valence-corrected chi connectivity index (χ0v) is 15.2. The number of allylic oxidation sites excluding steroid dienone is 2. The Kier molecular flexibility index (Phi) is 4.73. The zero-order chi connectivity index (χ0) is 18.4. The van der Waals surface area contributed by atoms with Crippen molar-refractivity contribution in [2.45, 2.75) is 47.0 Å². The third-order valence-electron chi connectivity index (χ3n) is 6.52. The fourth-order valence-corrected chi connectivity index (χ4v) is 5.07. The highest BCUT2D eigenvalue weighted by Crippen LogP contribution is 2.65. The number of rotatable bonds is 9. The van der Waals surface area contributed by atoms with Gasteiger partial charge in [-0.2, -0.15) is 0 Å². The summed E-state index contributed by atoms with van der Waals surface area (Å²) in [5.74, 6) is -1.65. The molecule has 5 unspecified atom stereocenters. The van der Waals surface area contributed by atoms with Crippen LogP contribution in [0.1, 0.15) is 47.0 Å². The molecule has 0 aliphatic heterocycles. The van der Waals surface area contributed by atoms with E-state index in [9.17, 15) is 19.8 Å². The monoisotopic (exact) mass is 334 g/mol. The Morgan fingerprint density at radius 1 is 1.04 bits per heavy atom. The molecular formula is C20H30O4. The van der Waals surface area contributed by atoms with Crippen LogP contribution in [-0.2, 0) is 9.59 Å². The summed E-state index contributed by atoms with van der Waals surface area (Å²) in [7, 11) is 0. The van der Waals surface area contributed by atoms with Crippen molar-refractivity contribution in [3.8, 4) is 0 Å². The minimum absolute atomic E-state index is 0.0295. The summed E-state index contributed by atoms with van der Waals surface area (Å²) >= 11 is 0. The highest BCUT2D eigenvalue weighted by atomic mass is 16.4. The number of hydrogen-bond donors (Lipinski definition) is 2. The van der Waals surface area contributed by atoms with Crippen molar-refractivity contribution in [1.29, 1.82) is 0 Å². The third-order valence-corrected chi connectivity index (χ3v) is 6.52. The van der Waals surface area contributed by atoms with Gasteiger partial charge in [0.15, 0.2) is 0 Å². The summed E-state index contributed by atoms with van der Waals surface area (Å²) in [6.45, 7) is 16.0. The van der Waals surface area contributed by atoms with Crippen LogP contribution < -0.4 is 0 Å². The average Bonchev–Trinajstić information content (AvgIpc) is 3.23. The Morgan fingerprint density at radius 3 is 1.96 bits per heavy atom. The van der Waals surface area contributed by atoms with Crippen LogP contribution in [0.15, 0.2) is 24.8 Å². The van der Waals surface area contributed by atoms with Crippen molar-refractivity contribution in [3.63, 3.8) is 0 Å². The molecule has 2 rings (SSSR count). The van der Waals surface area contributed by atoms with E-state index in [0.717, 1.165) is 24.8 Å². The Hall–Kier alpha value is -1.58. The van der Waals surface area contributed by atoms with Crippen molar-refractivity contribution in [3.05, 3.63) is 24.8 Å². The van der Waals surface area contributed by atoms with Gasteiger partial charge in [0, 0.05) is 0 Å². The molecule has 2 aliphatic carbocycles. The van der Waals surface area contributed by atoms with Gasteiger partial charge in [-0.25, -0.2) is 0 Å². The lowest BCUT2D eigenvalue weighted by Gasteiger charge is -2.18. The lowest BCUT2D eigenvalue weighted by atomic mass is 9.87. The molecule has 2 N–H and O–H groups in total. The van der Waals surface area contributed by atoms with E-state index >= 15 is 0 Å². The van der Waals surface area contributed by atoms with Gasteiger partial charge in [0.05, 0.1) is 11.8 Å². The van der Waals surface area contributed by atoms with Gasteiger partial charge in [0.2, 0.25) is 0 Å². The van der Waals surface area contributed by atoms with Gasteiger partial charge >= 0.3 is 11.9 Å². The first-order valence-electron chi connectivity index (χ1n) is 8.72. The van der Waals surface area contributed by atoms with Crippen LogP contribution in [0.4, 0.5) is 0 Å². The molecule has 2 fully saturated rings. The maximum Gasteiger partial charge on any atom is 0.307 e. The third kappa shape index (κ3) is 3.03. The highest BCUT2D eigenvalue weighted by molar-refractivity contribution is 5.76. The maximum absolute atomic E-state index is 11.4. The largest absolute Gasteiger partial charge is 0.481 e. The molecule has 0 aromatic carbocycles. The summed E-state index contributed by atoms with van der Waals surface area (Å²) in [6.07, 6.45) is 4.26. The summed E-state index contributed by atoms with van der Waals surface area (Å²) in [5.41, 5.74) is 0.592. The number of aliphatic carboxylic acids is 2. The predicted octanol–water partition coefficient (Wildman–Crippen LogP) is 4.23. The average molecular weight is 334 g/mol. The quantitative estimate of drug-likeness (QED) is 0.619. The van der Waals surface area contributed by atoms with E-state index in [1.165, 1.54) is 0 Å². The van der Waals surface area contributed by atoms with Crippen LogP contribution in [0, 0.1) is 40.4 Å². The van der Waals surface area contributed by atoms with Crippen molar-refractivity contribution in [2.24, 2.45) is 40.4 Å². The normalized spacial score (nSPS) is 33.3. The molecule has 0 radical (unpaired) electrons. The molecule has 5 atom stereocenters. The molecule has 2 aliphatic rings. The molecule has 2 saturated carbocycles. The summed E-state index contributed by atoms with van der Waals surface area (Å²) in [5, 5.41) is 18.7. The maximum atomic E-state index is 11.4. The summed E-state index contributed by atoms with van der Waals surface area (Å²) in [6, 6.07) is 0. The lowest BCUT2D eigenvalue weighted by Crippen LogP contribution is -2.09. The fraction of sp³-hybridized carbons (Fsp3) is 0.700. The lowest BCUT2D eigenvalue weighted by molar-refractivity contribution is -0.140. The van der Waals surface area contributed by atoms with Crippen molar-refractivity contribution < 1.29 is 19.8 Å². The van der Waals surface area contributed by atoms with Gasteiger partial charge < -0.3 is 10.2 Å². The van der Waals surface area contributed by atoms with Crippen LogP contribution in [0.2, 0.25) is 0 Å². The van der Waals surface area contributed by atoms with Crippen LogP contribution >= 0.6 is 0 Å². The standard InChI is InChI=1S/C20H30O4/c1-7-8-12(14-16(18(23)24)20(14,5)6)10-9-11(2)13-15(17(21)22)19(13,3)4/h7,12-16H,1-2,8-10H2,3-6H3,(H,21,22)(H,23,24). The van der Waals surface area contributed by atoms with Crippen LogP contribution in [-0.4, -0.2) is 22.2 Å². The molecule has 24 heavy (non-hydrogen) atoms. The minimum Gasteiger partial charge on any atom is -0.481 e. The highest BCUT2D eigenvalue weighted by Gasteiger charge is 2.65. The van der Waals surface area contributed by atoms with Gasteiger partial charge in [0.1, 0.15) is 0 Å². The SMILES string of the molecule is C=CCC(CCC(=C)C1C(C(=O)O)C1(C)C)C1C(C(=O)O)C1(C)C. The van der Waals surface area contributed by atoms with Gasteiger partial charge in [-0.15, -0.1) is 6.58 Å². The smallest absolute Gasteiger partial charge is 0.307 e. The second kappa shape index (κ2) is 6.05. The summed E-state index contributed by atoms with van der Waals surface area (Å²) < 4.78 is 0. The second-order valence-corrected chi connectivity index (χ2v) is 8.76. The van der Waals surface area contributed by atoms with Crippen molar-refractivity contribution in [2.75, 3.05) is 0 Å². The van der Waals surface area contributed by atoms with Crippen molar-refractivity contribution >= 4 is 11.9 Å². The molecule has 0 aromatic heterocycles. The molecule has 4 heteroatoms.